The van der Waals surface area contributed by atoms with Crippen molar-refractivity contribution in [3.8, 4) is 5.75 Å². The molecular weight excluding hydrogens is 346 g/mol. The lowest BCUT2D eigenvalue weighted by Crippen LogP contribution is -2.46. The average molecular weight is 367 g/mol. The number of nitrogens with one attached hydrogen (secondary N) is 2. The fourth-order valence-corrected chi connectivity index (χ4v) is 3.15. The van der Waals surface area contributed by atoms with Gasteiger partial charge in [0, 0.05) is 18.4 Å². The Bertz CT molecular complexity index is 847. The summed E-state index contributed by atoms with van der Waals surface area (Å²) in [5, 5.41) is 6.82. The highest BCUT2D eigenvalue weighted by Crippen LogP contribution is 2.31. The van der Waals surface area contributed by atoms with E-state index in [9.17, 15) is 4.79 Å². The smallest absolute Gasteiger partial charge is 0.255 e. The maximum Gasteiger partial charge on any atom is 0.255 e. The monoisotopic (exact) mass is 367 g/mol. The first kappa shape index (κ1) is 17.9. The zero-order chi connectivity index (χ0) is 18.7. The Labute approximate surface area is 158 Å². The zero-order valence-electron chi connectivity index (χ0n) is 14.9. The number of carbonyl (C=O) groups is 1. The highest BCUT2D eigenvalue weighted by molar-refractivity contribution is 7.80. The molecule has 1 amide bonds. The second-order valence-corrected chi connectivity index (χ2v) is 6.42. The van der Waals surface area contributed by atoms with Gasteiger partial charge in [-0.25, -0.2) is 0 Å². The van der Waals surface area contributed by atoms with Gasteiger partial charge < -0.3 is 20.3 Å². The van der Waals surface area contributed by atoms with E-state index >= 15 is 0 Å². The highest BCUT2D eigenvalue weighted by Gasteiger charge is 2.32. The van der Waals surface area contributed by atoms with Crippen LogP contribution in [-0.2, 0) is 4.79 Å². The summed E-state index contributed by atoms with van der Waals surface area (Å²) in [4.78, 5) is 14.8. The Kier molecular flexibility index (Phi) is 5.23. The van der Waals surface area contributed by atoms with Crippen LogP contribution >= 0.6 is 12.2 Å². The molecule has 2 aromatic rings. The number of nitrogens with zero attached hydrogens (tertiary/aromatic N) is 1. The molecule has 26 heavy (non-hydrogen) atoms. The summed E-state index contributed by atoms with van der Waals surface area (Å²) in [6, 6.07) is 16.7. The van der Waals surface area contributed by atoms with E-state index in [1.807, 2.05) is 73.5 Å². The maximum atomic E-state index is 13.0. The van der Waals surface area contributed by atoms with E-state index < -0.39 is 0 Å². The van der Waals surface area contributed by atoms with E-state index in [2.05, 4.69) is 10.6 Å². The van der Waals surface area contributed by atoms with E-state index in [0.29, 0.717) is 10.7 Å². The van der Waals surface area contributed by atoms with Crippen molar-refractivity contribution >= 4 is 28.9 Å². The lowest BCUT2D eigenvalue weighted by molar-refractivity contribution is -0.113. The predicted molar refractivity (Wildman–Crippen MR) is 107 cm³/mol. The molecule has 0 aromatic heterocycles. The third-order valence-electron chi connectivity index (χ3n) is 4.48. The first-order valence-electron chi connectivity index (χ1n) is 8.26. The second-order valence-electron chi connectivity index (χ2n) is 6.03. The molecule has 2 aromatic carbocycles. The van der Waals surface area contributed by atoms with Crippen LogP contribution in [-0.4, -0.2) is 30.1 Å². The summed E-state index contributed by atoms with van der Waals surface area (Å²) in [5.74, 6) is 0.608. The third-order valence-corrected chi connectivity index (χ3v) is 4.87. The average Bonchev–Trinajstić information content (AvgIpc) is 2.66. The molecule has 1 heterocycles. The number of rotatable bonds is 4. The molecule has 3 rings (SSSR count). The molecule has 1 atom stereocenters. The minimum Gasteiger partial charge on any atom is -0.497 e. The number of para-hydroxylation sites is 1. The van der Waals surface area contributed by atoms with Gasteiger partial charge in [-0.2, -0.15) is 0 Å². The number of hydrogen-bond acceptors (Lipinski definition) is 3. The number of carbonyl (C=O) groups excluding carboxylic acids is 1. The quantitative estimate of drug-likeness (QED) is 0.811. The minimum atomic E-state index is -0.326. The molecule has 0 saturated carbocycles. The van der Waals surface area contributed by atoms with Gasteiger partial charge in [0.15, 0.2) is 5.11 Å². The molecule has 1 aliphatic rings. The first-order valence-corrected chi connectivity index (χ1v) is 8.67. The summed E-state index contributed by atoms with van der Waals surface area (Å²) >= 11 is 5.42. The van der Waals surface area contributed by atoms with Crippen LogP contribution in [0.15, 0.2) is 65.9 Å². The van der Waals surface area contributed by atoms with Gasteiger partial charge in [0.2, 0.25) is 0 Å². The van der Waals surface area contributed by atoms with Crippen molar-refractivity contribution in [2.24, 2.45) is 0 Å². The molecule has 0 aliphatic carbocycles. The summed E-state index contributed by atoms with van der Waals surface area (Å²) in [6.07, 6.45) is 0. The Morgan fingerprint density at radius 2 is 1.81 bits per heavy atom. The number of amides is 1. The number of methoxy groups -OCH3 is 1. The summed E-state index contributed by atoms with van der Waals surface area (Å²) in [7, 11) is 3.48. The van der Waals surface area contributed by atoms with Crippen LogP contribution in [0.2, 0.25) is 0 Å². The van der Waals surface area contributed by atoms with Gasteiger partial charge >= 0.3 is 0 Å². The van der Waals surface area contributed by atoms with Crippen molar-refractivity contribution in [1.82, 2.24) is 10.2 Å². The lowest BCUT2D eigenvalue weighted by atomic mass is 9.94. The van der Waals surface area contributed by atoms with Crippen molar-refractivity contribution < 1.29 is 9.53 Å². The molecule has 5 nitrogen and oxygen atoms in total. The van der Waals surface area contributed by atoms with Gasteiger partial charge in [-0.05, 0) is 49.0 Å². The summed E-state index contributed by atoms with van der Waals surface area (Å²) < 4.78 is 5.22. The molecule has 0 fully saturated rings. The number of ether oxygens (including phenoxy) is 1. The van der Waals surface area contributed by atoms with Crippen LogP contribution in [0.1, 0.15) is 18.5 Å². The number of allylic oxidation sites excluding steroid dienone is 1. The van der Waals surface area contributed by atoms with E-state index in [0.717, 1.165) is 22.7 Å². The van der Waals surface area contributed by atoms with E-state index in [1.165, 1.54) is 0 Å². The van der Waals surface area contributed by atoms with E-state index in [1.54, 1.807) is 7.11 Å². The molecule has 134 valence electrons. The van der Waals surface area contributed by atoms with Gasteiger partial charge in [-0.3, -0.25) is 4.79 Å². The van der Waals surface area contributed by atoms with Crippen molar-refractivity contribution in [2.75, 3.05) is 19.5 Å². The van der Waals surface area contributed by atoms with Crippen LogP contribution in [0, 0.1) is 0 Å². The predicted octanol–water partition coefficient (Wildman–Crippen LogP) is 3.47. The molecule has 2 N–H and O–H groups in total. The van der Waals surface area contributed by atoms with Gasteiger partial charge in [-0.15, -0.1) is 0 Å². The molecule has 0 radical (unpaired) electrons. The molecular formula is C20H21N3O2S. The van der Waals surface area contributed by atoms with Crippen LogP contribution in [0.4, 0.5) is 5.69 Å². The van der Waals surface area contributed by atoms with Crippen molar-refractivity contribution in [3.63, 3.8) is 0 Å². The topological polar surface area (TPSA) is 53.6 Å². The third kappa shape index (κ3) is 3.55. The number of benzene rings is 2. The van der Waals surface area contributed by atoms with Crippen molar-refractivity contribution in [2.45, 2.75) is 13.0 Å². The van der Waals surface area contributed by atoms with Crippen LogP contribution in [0.3, 0.4) is 0 Å². The molecule has 0 bridgehead atoms. The van der Waals surface area contributed by atoms with Crippen LogP contribution in [0.25, 0.3) is 0 Å². The number of hydrogen-bond donors (Lipinski definition) is 2. The Balaban J connectivity index is 1.98. The fourth-order valence-electron chi connectivity index (χ4n) is 2.90. The Hall–Kier alpha value is -2.86. The standard InChI is InChI=1S/C20H21N3O2S/c1-13-17(19(24)21-15-7-5-4-6-8-15)18(22-20(26)23(13)2)14-9-11-16(25-3)12-10-14/h4-12,18H,1-3H3,(H,21,24)(H,22,26). The van der Waals surface area contributed by atoms with Gasteiger partial charge in [0.05, 0.1) is 18.7 Å². The second kappa shape index (κ2) is 7.58. The van der Waals surface area contributed by atoms with Gasteiger partial charge in [0.25, 0.3) is 5.91 Å². The van der Waals surface area contributed by atoms with Crippen molar-refractivity contribution in [1.29, 1.82) is 0 Å². The van der Waals surface area contributed by atoms with E-state index in [-0.39, 0.29) is 11.9 Å². The molecule has 6 heteroatoms. The SMILES string of the molecule is COc1ccc(C2NC(=S)N(C)C(C)=C2C(=O)Nc2ccccc2)cc1. The Morgan fingerprint density at radius 3 is 2.42 bits per heavy atom. The molecule has 0 spiro atoms. The lowest BCUT2D eigenvalue weighted by Gasteiger charge is -2.35. The minimum absolute atomic E-state index is 0.156. The van der Waals surface area contributed by atoms with E-state index in [4.69, 9.17) is 17.0 Å². The van der Waals surface area contributed by atoms with Crippen molar-refractivity contribution in [3.05, 3.63) is 71.4 Å². The molecule has 0 saturated heterocycles. The largest absolute Gasteiger partial charge is 0.497 e. The van der Waals surface area contributed by atoms with Gasteiger partial charge in [0.1, 0.15) is 5.75 Å². The van der Waals surface area contributed by atoms with Crippen LogP contribution < -0.4 is 15.4 Å². The summed E-state index contributed by atoms with van der Waals surface area (Å²) in [5.41, 5.74) is 3.15. The summed E-state index contributed by atoms with van der Waals surface area (Å²) in [6.45, 7) is 1.91. The number of anilines is 1. The van der Waals surface area contributed by atoms with Gasteiger partial charge in [-0.1, -0.05) is 30.3 Å². The zero-order valence-corrected chi connectivity index (χ0v) is 15.8. The number of thiocarbonyl (C=S) groups is 1. The first-order chi connectivity index (χ1) is 12.5. The normalized spacial score (nSPS) is 17.0. The fraction of sp³-hybridized carbons (Fsp3) is 0.200. The highest BCUT2D eigenvalue weighted by atomic mass is 32.1. The molecule has 1 aliphatic heterocycles. The maximum absolute atomic E-state index is 13.0. The Morgan fingerprint density at radius 1 is 1.15 bits per heavy atom. The molecule has 1 unspecified atom stereocenters. The van der Waals surface area contributed by atoms with Crippen LogP contribution in [0.5, 0.6) is 5.75 Å².